The summed E-state index contributed by atoms with van der Waals surface area (Å²) in [6.45, 7) is 2.92. The minimum atomic E-state index is -0.853. The topological polar surface area (TPSA) is 103 Å². The monoisotopic (exact) mass is 304 g/mol. The molecule has 0 amide bonds. The lowest BCUT2D eigenvalue weighted by Crippen LogP contribution is -2.05. The van der Waals surface area contributed by atoms with Gasteiger partial charge in [0, 0.05) is 5.56 Å². The molecule has 7 heteroatoms. The van der Waals surface area contributed by atoms with Crippen molar-refractivity contribution in [3.63, 3.8) is 0 Å². The summed E-state index contributed by atoms with van der Waals surface area (Å²) in [5.41, 5.74) is 0.860. The number of ether oxygens (including phenoxy) is 1. The van der Waals surface area contributed by atoms with Crippen LogP contribution in [0.4, 0.5) is 0 Å². The first-order valence-electron chi connectivity index (χ1n) is 6.45. The first kappa shape index (κ1) is 14.0. The van der Waals surface area contributed by atoms with E-state index in [1.54, 1.807) is 19.1 Å². The molecule has 0 fully saturated rings. The number of phenols is 1. The van der Waals surface area contributed by atoms with Crippen LogP contribution >= 0.6 is 0 Å². The van der Waals surface area contributed by atoms with Crippen LogP contribution in [0.15, 0.2) is 36.2 Å². The van der Waals surface area contributed by atoms with Crippen LogP contribution in [-0.4, -0.2) is 11.1 Å². The maximum Gasteiger partial charge on any atom is 0.519 e. The number of carbonyl (C=O) groups excluding carboxylic acids is 1. The number of carbonyl (C=O) groups is 1. The molecule has 114 valence electrons. The molecule has 0 saturated heterocycles. The molecule has 2 heterocycles. The lowest BCUT2D eigenvalue weighted by atomic mass is 10.1. The third-order valence-corrected chi connectivity index (χ3v) is 3.29. The van der Waals surface area contributed by atoms with Crippen molar-refractivity contribution < 1.29 is 27.9 Å². The fraction of sp³-hybridized carbons (Fsp3) is 0.200. The van der Waals surface area contributed by atoms with Crippen molar-refractivity contribution in [1.29, 1.82) is 0 Å². The number of fused-ring (bicyclic) bond motifs is 1. The summed E-state index contributed by atoms with van der Waals surface area (Å²) in [5.74, 6) is -1.19. The molecule has 0 spiro atoms. The van der Waals surface area contributed by atoms with E-state index in [0.29, 0.717) is 16.5 Å². The van der Waals surface area contributed by atoms with Crippen molar-refractivity contribution in [2.24, 2.45) is 0 Å². The SMILES string of the molecule is Cc1oc(=O)oc1COC(=O)c1oc2cccc(O)c2c1C. The number of esters is 1. The Bertz CT molecular complexity index is 910. The smallest absolute Gasteiger partial charge is 0.507 e. The van der Waals surface area contributed by atoms with Crippen LogP contribution < -0.4 is 5.82 Å². The molecular weight excluding hydrogens is 292 g/mol. The number of benzene rings is 1. The second-order valence-electron chi connectivity index (χ2n) is 4.72. The van der Waals surface area contributed by atoms with Crippen LogP contribution in [0.5, 0.6) is 5.75 Å². The molecule has 0 saturated carbocycles. The van der Waals surface area contributed by atoms with E-state index in [1.165, 1.54) is 13.0 Å². The number of phenolic OH excluding ortho intramolecular Hbond substituents is 1. The number of aromatic hydroxyl groups is 1. The Morgan fingerprint density at radius 2 is 2.00 bits per heavy atom. The Morgan fingerprint density at radius 3 is 2.64 bits per heavy atom. The van der Waals surface area contributed by atoms with Gasteiger partial charge in [-0.25, -0.2) is 9.59 Å². The standard InChI is InChI=1S/C15H12O7/c1-7-12-9(16)4-3-5-10(12)21-13(7)14(17)19-6-11-8(2)20-15(18)22-11/h3-5,16H,6H2,1-2H3. The second-order valence-corrected chi connectivity index (χ2v) is 4.72. The molecule has 7 nitrogen and oxygen atoms in total. The van der Waals surface area contributed by atoms with Crippen molar-refractivity contribution in [2.45, 2.75) is 20.5 Å². The van der Waals surface area contributed by atoms with E-state index in [0.717, 1.165) is 0 Å². The van der Waals surface area contributed by atoms with E-state index in [-0.39, 0.29) is 29.6 Å². The van der Waals surface area contributed by atoms with Gasteiger partial charge in [-0.05, 0) is 26.0 Å². The van der Waals surface area contributed by atoms with E-state index in [1.807, 2.05) is 0 Å². The zero-order valence-electron chi connectivity index (χ0n) is 11.8. The molecular formula is C15H12O7. The van der Waals surface area contributed by atoms with Gasteiger partial charge in [0.25, 0.3) is 0 Å². The van der Waals surface area contributed by atoms with Gasteiger partial charge in [0.1, 0.15) is 11.3 Å². The van der Waals surface area contributed by atoms with E-state index < -0.39 is 11.8 Å². The van der Waals surface area contributed by atoms with Crippen LogP contribution in [0.25, 0.3) is 11.0 Å². The molecule has 22 heavy (non-hydrogen) atoms. The number of rotatable bonds is 3. The van der Waals surface area contributed by atoms with Gasteiger partial charge in [-0.1, -0.05) is 6.07 Å². The van der Waals surface area contributed by atoms with E-state index >= 15 is 0 Å². The van der Waals surface area contributed by atoms with Crippen LogP contribution in [0, 0.1) is 13.8 Å². The third kappa shape index (κ3) is 2.26. The fourth-order valence-corrected chi connectivity index (χ4v) is 2.18. The van der Waals surface area contributed by atoms with Gasteiger partial charge in [-0.15, -0.1) is 0 Å². The maximum absolute atomic E-state index is 12.1. The van der Waals surface area contributed by atoms with Crippen molar-refractivity contribution in [2.75, 3.05) is 0 Å². The van der Waals surface area contributed by atoms with Gasteiger partial charge in [0.15, 0.2) is 18.1 Å². The molecule has 0 radical (unpaired) electrons. The Labute approximate surface area is 123 Å². The Balaban J connectivity index is 1.86. The lowest BCUT2D eigenvalue weighted by Gasteiger charge is -2.01. The van der Waals surface area contributed by atoms with Crippen LogP contribution in [0.2, 0.25) is 0 Å². The molecule has 0 aliphatic rings. The Morgan fingerprint density at radius 1 is 1.23 bits per heavy atom. The van der Waals surface area contributed by atoms with Crippen molar-refractivity contribution in [1.82, 2.24) is 0 Å². The molecule has 0 aliphatic heterocycles. The van der Waals surface area contributed by atoms with Crippen molar-refractivity contribution in [3.05, 3.63) is 51.7 Å². The minimum Gasteiger partial charge on any atom is -0.507 e. The van der Waals surface area contributed by atoms with Crippen molar-refractivity contribution in [3.8, 4) is 5.75 Å². The first-order valence-corrected chi connectivity index (χ1v) is 6.45. The molecule has 0 aliphatic carbocycles. The number of furan rings is 1. The highest BCUT2D eigenvalue weighted by Crippen LogP contribution is 2.32. The van der Waals surface area contributed by atoms with Crippen LogP contribution in [0.1, 0.15) is 27.6 Å². The largest absolute Gasteiger partial charge is 0.519 e. The van der Waals surface area contributed by atoms with Crippen LogP contribution in [0.3, 0.4) is 0 Å². The van der Waals surface area contributed by atoms with E-state index in [2.05, 4.69) is 4.42 Å². The summed E-state index contributed by atoms with van der Waals surface area (Å²) in [7, 11) is 0. The van der Waals surface area contributed by atoms with Gasteiger partial charge >= 0.3 is 11.8 Å². The number of hydrogen-bond donors (Lipinski definition) is 1. The summed E-state index contributed by atoms with van der Waals surface area (Å²) in [5, 5.41) is 10.3. The molecule has 2 aromatic heterocycles. The average Bonchev–Trinajstić information content (AvgIpc) is 2.97. The summed E-state index contributed by atoms with van der Waals surface area (Å²) >= 11 is 0. The normalized spacial score (nSPS) is 11.0. The van der Waals surface area contributed by atoms with Gasteiger partial charge in [-0.3, -0.25) is 0 Å². The summed E-state index contributed by atoms with van der Waals surface area (Å²) in [6, 6.07) is 4.75. The van der Waals surface area contributed by atoms with Crippen molar-refractivity contribution >= 4 is 16.9 Å². The van der Waals surface area contributed by atoms with E-state index in [4.69, 9.17) is 13.6 Å². The molecule has 0 atom stereocenters. The summed E-state index contributed by atoms with van der Waals surface area (Å²) < 4.78 is 19.9. The maximum atomic E-state index is 12.1. The molecule has 0 unspecified atom stereocenters. The summed E-state index contributed by atoms with van der Waals surface area (Å²) in [6.07, 6.45) is 0. The second kappa shape index (κ2) is 5.10. The highest BCUT2D eigenvalue weighted by molar-refractivity contribution is 5.98. The molecule has 1 aromatic carbocycles. The van der Waals surface area contributed by atoms with Gasteiger partial charge < -0.3 is 23.1 Å². The minimum absolute atomic E-state index is 0.0139. The zero-order chi connectivity index (χ0) is 15.9. The predicted octanol–water partition coefficient (Wildman–Crippen LogP) is 2.66. The molecule has 1 N–H and O–H groups in total. The van der Waals surface area contributed by atoms with Gasteiger partial charge in [-0.2, -0.15) is 0 Å². The quantitative estimate of drug-likeness (QED) is 0.742. The van der Waals surface area contributed by atoms with Crippen LogP contribution in [-0.2, 0) is 11.3 Å². The molecule has 3 rings (SSSR count). The third-order valence-electron chi connectivity index (χ3n) is 3.29. The fourth-order valence-electron chi connectivity index (χ4n) is 2.18. The number of hydrogen-bond acceptors (Lipinski definition) is 7. The van der Waals surface area contributed by atoms with Gasteiger partial charge in [0.2, 0.25) is 5.76 Å². The first-order chi connectivity index (χ1) is 10.5. The zero-order valence-corrected chi connectivity index (χ0v) is 11.8. The predicted molar refractivity (Wildman–Crippen MR) is 73.7 cm³/mol. The highest BCUT2D eigenvalue weighted by Gasteiger charge is 2.22. The molecule has 0 bridgehead atoms. The highest BCUT2D eigenvalue weighted by atomic mass is 16.6. The van der Waals surface area contributed by atoms with Gasteiger partial charge in [0.05, 0.1) is 5.39 Å². The average molecular weight is 304 g/mol. The summed E-state index contributed by atoms with van der Waals surface area (Å²) in [4.78, 5) is 23.0. The number of aryl methyl sites for hydroxylation is 2. The Kier molecular flexibility index (Phi) is 3.25. The Hall–Kier alpha value is -2.96. The lowest BCUT2D eigenvalue weighted by molar-refractivity contribution is 0.0408. The molecule has 3 aromatic rings. The van der Waals surface area contributed by atoms with E-state index in [9.17, 15) is 14.7 Å².